The minimum absolute atomic E-state index is 0.376. The van der Waals surface area contributed by atoms with Crippen molar-refractivity contribution in [2.75, 3.05) is 20.6 Å². The quantitative estimate of drug-likeness (QED) is 0.908. The lowest BCUT2D eigenvalue weighted by Crippen LogP contribution is -2.25. The number of hydrogen-bond acceptors (Lipinski definition) is 3. The van der Waals surface area contributed by atoms with Gasteiger partial charge in [0.05, 0.1) is 23.5 Å². The summed E-state index contributed by atoms with van der Waals surface area (Å²) in [6.45, 7) is 1.67. The van der Waals surface area contributed by atoms with Crippen LogP contribution in [-0.2, 0) is 6.54 Å². The van der Waals surface area contributed by atoms with Crippen molar-refractivity contribution in [1.29, 1.82) is 0 Å². The van der Waals surface area contributed by atoms with E-state index in [-0.39, 0.29) is 0 Å². The molecule has 4 nitrogen and oxygen atoms in total. The number of aliphatic hydroxyl groups is 1. The summed E-state index contributed by atoms with van der Waals surface area (Å²) in [7, 11) is 4.08. The van der Waals surface area contributed by atoms with E-state index >= 15 is 0 Å². The van der Waals surface area contributed by atoms with Crippen molar-refractivity contribution in [3.8, 4) is 0 Å². The molecular weight excluding hydrogens is 274 g/mol. The Morgan fingerprint density at radius 2 is 2.25 bits per heavy atom. The fourth-order valence-electron chi connectivity index (χ4n) is 4.02. The molecule has 1 heterocycles. The molecule has 2 fully saturated rings. The largest absolute Gasteiger partial charge is 0.386 e. The van der Waals surface area contributed by atoms with Gasteiger partial charge < -0.3 is 10.0 Å². The van der Waals surface area contributed by atoms with Crippen LogP contribution in [0.15, 0.2) is 6.20 Å². The summed E-state index contributed by atoms with van der Waals surface area (Å²) in [6, 6.07) is 0. The van der Waals surface area contributed by atoms with Crippen molar-refractivity contribution in [2.45, 2.75) is 38.3 Å². The van der Waals surface area contributed by atoms with Crippen LogP contribution in [0.25, 0.3) is 0 Å². The molecule has 1 aromatic heterocycles. The lowest BCUT2D eigenvalue weighted by molar-refractivity contribution is 0.0664. The molecule has 4 unspecified atom stereocenters. The molecule has 1 aromatic rings. The van der Waals surface area contributed by atoms with Crippen LogP contribution in [0, 0.1) is 17.8 Å². The van der Waals surface area contributed by atoms with E-state index in [0.717, 1.165) is 31.1 Å². The van der Waals surface area contributed by atoms with Crippen LogP contribution >= 0.6 is 11.6 Å². The number of likely N-dealkylation sites (N-methyl/N-ethyl adjacent to an activating group) is 1. The summed E-state index contributed by atoms with van der Waals surface area (Å²) in [5, 5.41) is 15.7. The van der Waals surface area contributed by atoms with Gasteiger partial charge in [-0.25, -0.2) is 0 Å². The van der Waals surface area contributed by atoms with E-state index in [1.54, 1.807) is 6.20 Å². The highest BCUT2D eigenvalue weighted by molar-refractivity contribution is 6.31. The normalized spacial score (nSPS) is 30.4. The van der Waals surface area contributed by atoms with Gasteiger partial charge in [-0.2, -0.15) is 5.10 Å². The summed E-state index contributed by atoms with van der Waals surface area (Å²) in [5.74, 6) is 1.89. The Morgan fingerprint density at radius 3 is 2.85 bits per heavy atom. The predicted molar refractivity (Wildman–Crippen MR) is 79.7 cm³/mol. The molecule has 0 spiro atoms. The predicted octanol–water partition coefficient (Wildman–Crippen LogP) is 2.57. The summed E-state index contributed by atoms with van der Waals surface area (Å²) in [6.07, 6.45) is 6.29. The Labute approximate surface area is 125 Å². The molecule has 0 radical (unpaired) electrons. The second-order valence-corrected chi connectivity index (χ2v) is 7.09. The van der Waals surface area contributed by atoms with E-state index in [1.807, 2.05) is 18.8 Å². The Bertz CT molecular complexity index is 474. The average Bonchev–Trinajstić information content (AvgIpc) is 3.10. The first kappa shape index (κ1) is 14.4. The van der Waals surface area contributed by atoms with Gasteiger partial charge in [0.25, 0.3) is 0 Å². The number of hydrogen-bond donors (Lipinski definition) is 1. The number of nitrogens with zero attached hydrogens (tertiary/aromatic N) is 3. The zero-order valence-electron chi connectivity index (χ0n) is 12.3. The Balaban J connectivity index is 1.76. The molecule has 0 aliphatic heterocycles. The molecule has 2 bridgehead atoms. The molecule has 2 aliphatic rings. The highest BCUT2D eigenvalue weighted by Crippen LogP contribution is 2.53. The van der Waals surface area contributed by atoms with Gasteiger partial charge in [-0.1, -0.05) is 18.0 Å². The summed E-state index contributed by atoms with van der Waals surface area (Å²) >= 11 is 6.28. The van der Waals surface area contributed by atoms with Crippen LogP contribution < -0.4 is 0 Å². The molecular formula is C15H24ClN3O. The van der Waals surface area contributed by atoms with Gasteiger partial charge in [-0.15, -0.1) is 0 Å². The minimum atomic E-state index is -0.456. The number of aromatic nitrogens is 2. The maximum atomic E-state index is 10.8. The fraction of sp³-hybridized carbons (Fsp3) is 0.800. The molecule has 1 N–H and O–H groups in total. The van der Waals surface area contributed by atoms with Crippen molar-refractivity contribution >= 4 is 11.6 Å². The van der Waals surface area contributed by atoms with Crippen LogP contribution in [-0.4, -0.2) is 40.4 Å². The summed E-state index contributed by atoms with van der Waals surface area (Å²) < 4.78 is 1.89. The third-order valence-electron chi connectivity index (χ3n) is 5.07. The third kappa shape index (κ3) is 2.61. The minimum Gasteiger partial charge on any atom is -0.386 e. The van der Waals surface area contributed by atoms with Crippen LogP contribution in [0.3, 0.4) is 0 Å². The monoisotopic (exact) mass is 297 g/mol. The van der Waals surface area contributed by atoms with Gasteiger partial charge in [0.1, 0.15) is 6.10 Å². The van der Waals surface area contributed by atoms with Crippen LogP contribution in [0.5, 0.6) is 0 Å². The molecule has 0 saturated heterocycles. The molecule has 0 amide bonds. The van der Waals surface area contributed by atoms with Crippen LogP contribution in [0.4, 0.5) is 0 Å². The van der Waals surface area contributed by atoms with E-state index in [2.05, 4.69) is 10.00 Å². The van der Waals surface area contributed by atoms with Gasteiger partial charge in [0.2, 0.25) is 0 Å². The summed E-state index contributed by atoms with van der Waals surface area (Å²) in [4.78, 5) is 2.11. The molecule has 5 heteroatoms. The van der Waals surface area contributed by atoms with Gasteiger partial charge in [-0.05, 0) is 51.1 Å². The maximum absolute atomic E-state index is 10.8. The van der Waals surface area contributed by atoms with E-state index in [9.17, 15) is 5.11 Å². The van der Waals surface area contributed by atoms with Crippen molar-refractivity contribution in [2.24, 2.45) is 17.8 Å². The van der Waals surface area contributed by atoms with Crippen molar-refractivity contribution in [3.05, 3.63) is 16.9 Å². The molecule has 4 atom stereocenters. The number of halogens is 1. The molecule has 2 aliphatic carbocycles. The standard InChI is InChI=1S/C15H24ClN3O/c1-18(2)5-6-19-14(13(16)9-17-19)15(20)12-8-10-3-4-11(12)7-10/h9-12,15,20H,3-8H2,1-2H3. The topological polar surface area (TPSA) is 41.3 Å². The van der Waals surface area contributed by atoms with Crippen molar-refractivity contribution in [1.82, 2.24) is 14.7 Å². The molecule has 2 saturated carbocycles. The highest BCUT2D eigenvalue weighted by atomic mass is 35.5. The SMILES string of the molecule is CN(C)CCn1ncc(Cl)c1C(O)C1CC2CCC1C2. The van der Waals surface area contributed by atoms with Crippen molar-refractivity contribution < 1.29 is 5.11 Å². The number of rotatable bonds is 5. The van der Waals surface area contributed by atoms with Crippen LogP contribution in [0.2, 0.25) is 5.02 Å². The Morgan fingerprint density at radius 1 is 1.45 bits per heavy atom. The number of fused-ring (bicyclic) bond motifs is 2. The first-order chi connectivity index (χ1) is 9.56. The number of aliphatic hydroxyl groups excluding tert-OH is 1. The fourth-order valence-corrected chi connectivity index (χ4v) is 4.28. The van der Waals surface area contributed by atoms with E-state index in [0.29, 0.717) is 16.9 Å². The lowest BCUT2D eigenvalue weighted by Gasteiger charge is -2.27. The molecule has 0 aromatic carbocycles. The van der Waals surface area contributed by atoms with E-state index < -0.39 is 6.10 Å². The van der Waals surface area contributed by atoms with E-state index in [4.69, 9.17) is 11.6 Å². The van der Waals surface area contributed by atoms with Gasteiger partial charge >= 0.3 is 0 Å². The highest BCUT2D eigenvalue weighted by Gasteiger charge is 2.44. The van der Waals surface area contributed by atoms with Gasteiger partial charge in [-0.3, -0.25) is 4.68 Å². The third-order valence-corrected chi connectivity index (χ3v) is 5.36. The van der Waals surface area contributed by atoms with Gasteiger partial charge in [0, 0.05) is 6.54 Å². The van der Waals surface area contributed by atoms with Gasteiger partial charge in [0.15, 0.2) is 0 Å². The second kappa shape index (κ2) is 5.66. The smallest absolute Gasteiger partial charge is 0.100 e. The lowest BCUT2D eigenvalue weighted by atomic mass is 9.83. The zero-order valence-corrected chi connectivity index (χ0v) is 13.1. The van der Waals surface area contributed by atoms with Crippen LogP contribution in [0.1, 0.15) is 37.5 Å². The average molecular weight is 298 g/mol. The first-order valence-electron chi connectivity index (χ1n) is 7.60. The molecule has 20 heavy (non-hydrogen) atoms. The zero-order chi connectivity index (χ0) is 14.3. The second-order valence-electron chi connectivity index (χ2n) is 6.69. The van der Waals surface area contributed by atoms with Crippen molar-refractivity contribution in [3.63, 3.8) is 0 Å². The Hall–Kier alpha value is -0.580. The Kier molecular flexibility index (Phi) is 4.07. The first-order valence-corrected chi connectivity index (χ1v) is 7.98. The maximum Gasteiger partial charge on any atom is 0.100 e. The van der Waals surface area contributed by atoms with E-state index in [1.165, 1.54) is 19.3 Å². The summed E-state index contributed by atoms with van der Waals surface area (Å²) in [5.41, 5.74) is 0.825. The molecule has 3 rings (SSSR count). The molecule has 112 valence electrons.